The van der Waals surface area contributed by atoms with E-state index in [0.29, 0.717) is 29.8 Å². The highest BCUT2D eigenvalue weighted by Gasteiger charge is 2.45. The van der Waals surface area contributed by atoms with E-state index in [0.717, 1.165) is 22.0 Å². The second-order valence-corrected chi connectivity index (χ2v) is 11.7. The van der Waals surface area contributed by atoms with Gasteiger partial charge in [0, 0.05) is 33.1 Å². The molecule has 6 heteroatoms. The number of carbonyl (C=O) groups is 1. The molecule has 0 saturated heterocycles. The molecule has 0 bridgehead atoms. The first-order chi connectivity index (χ1) is 15.5. The van der Waals surface area contributed by atoms with Gasteiger partial charge in [-0.05, 0) is 53.6 Å². The maximum Gasteiger partial charge on any atom is 0.162 e. The summed E-state index contributed by atoms with van der Waals surface area (Å²) in [5.41, 5.74) is 9.36. The maximum absolute atomic E-state index is 13.6. The van der Waals surface area contributed by atoms with Gasteiger partial charge in [0.15, 0.2) is 5.78 Å². The molecule has 172 valence electrons. The van der Waals surface area contributed by atoms with Crippen molar-refractivity contribution in [2.75, 3.05) is 12.0 Å². The topological polar surface area (TPSA) is 79.3 Å². The molecule has 0 fully saturated rings. The first-order valence-electron chi connectivity index (χ1n) is 11.2. The third kappa shape index (κ3) is 4.06. The van der Waals surface area contributed by atoms with Crippen LogP contribution in [0.3, 0.4) is 0 Å². The normalized spacial score (nSPS) is 20.6. The number of ketones is 1. The van der Waals surface area contributed by atoms with Crippen LogP contribution in [-0.2, 0) is 10.2 Å². The van der Waals surface area contributed by atoms with Gasteiger partial charge < -0.3 is 10.5 Å². The molecule has 2 N–H and O–H groups in total. The third-order valence-corrected chi connectivity index (χ3v) is 7.94. The van der Waals surface area contributed by atoms with Crippen LogP contribution in [0.4, 0.5) is 5.69 Å². The smallest absolute Gasteiger partial charge is 0.162 e. The van der Waals surface area contributed by atoms with Gasteiger partial charge in [0.2, 0.25) is 0 Å². The third-order valence-electron chi connectivity index (χ3n) is 6.36. The molecule has 1 aliphatic heterocycles. The number of rotatable bonds is 3. The van der Waals surface area contributed by atoms with Crippen molar-refractivity contribution in [1.29, 1.82) is 5.26 Å². The van der Waals surface area contributed by atoms with Gasteiger partial charge in [-0.2, -0.15) is 5.26 Å². The number of nitrogens with two attached hydrogens (primary N) is 1. The van der Waals surface area contributed by atoms with Crippen LogP contribution in [-0.4, -0.2) is 12.9 Å². The van der Waals surface area contributed by atoms with Crippen LogP contribution >= 0.6 is 11.3 Å². The Hall–Kier alpha value is -3.04. The van der Waals surface area contributed by atoms with E-state index in [4.69, 9.17) is 10.5 Å². The number of methoxy groups -OCH3 is 1. The summed E-state index contributed by atoms with van der Waals surface area (Å²) in [6.07, 6.45) is 1.16. The number of benzene rings is 1. The van der Waals surface area contributed by atoms with E-state index < -0.39 is 5.92 Å². The Morgan fingerprint density at radius 2 is 1.82 bits per heavy atom. The van der Waals surface area contributed by atoms with E-state index in [-0.39, 0.29) is 16.6 Å². The fraction of sp³-hybridized carbons (Fsp3) is 0.407. The van der Waals surface area contributed by atoms with E-state index in [2.05, 4.69) is 52.8 Å². The van der Waals surface area contributed by atoms with Crippen LogP contribution in [0.25, 0.3) is 0 Å². The van der Waals surface area contributed by atoms with Crippen molar-refractivity contribution in [2.24, 2.45) is 11.1 Å². The number of allylic oxidation sites excluding steroid dienone is 3. The highest BCUT2D eigenvalue weighted by atomic mass is 32.1. The summed E-state index contributed by atoms with van der Waals surface area (Å²) in [5.74, 6) is 0.793. The summed E-state index contributed by atoms with van der Waals surface area (Å²) >= 11 is 1.66. The first kappa shape index (κ1) is 23.1. The predicted octanol–water partition coefficient (Wildman–Crippen LogP) is 6.00. The average molecular weight is 462 g/mol. The molecule has 0 spiro atoms. The van der Waals surface area contributed by atoms with Crippen LogP contribution in [0.1, 0.15) is 63.1 Å². The van der Waals surface area contributed by atoms with Gasteiger partial charge in [0.1, 0.15) is 11.6 Å². The van der Waals surface area contributed by atoms with Crippen molar-refractivity contribution in [1.82, 2.24) is 0 Å². The van der Waals surface area contributed by atoms with E-state index in [9.17, 15) is 10.1 Å². The zero-order valence-electron chi connectivity index (χ0n) is 20.2. The number of carbonyl (C=O) groups excluding carboxylic acids is 1. The highest BCUT2D eigenvalue weighted by molar-refractivity contribution is 7.12. The zero-order chi connectivity index (χ0) is 24.1. The fourth-order valence-electron chi connectivity index (χ4n) is 4.73. The van der Waals surface area contributed by atoms with Gasteiger partial charge >= 0.3 is 0 Å². The lowest BCUT2D eigenvalue weighted by atomic mass is 9.69. The molecule has 2 aromatic rings. The molecule has 2 heterocycles. The maximum atomic E-state index is 13.6. The van der Waals surface area contributed by atoms with Crippen LogP contribution in [0, 0.1) is 16.7 Å². The van der Waals surface area contributed by atoms with Crippen LogP contribution in [0.5, 0.6) is 5.75 Å². The molecule has 0 saturated carbocycles. The van der Waals surface area contributed by atoms with Crippen molar-refractivity contribution in [3.05, 3.63) is 68.8 Å². The quantitative estimate of drug-likeness (QED) is 0.607. The molecule has 1 atom stereocenters. The Morgan fingerprint density at radius 1 is 1.15 bits per heavy atom. The highest BCUT2D eigenvalue weighted by Crippen LogP contribution is 2.51. The molecular weight excluding hydrogens is 430 g/mol. The predicted molar refractivity (Wildman–Crippen MR) is 133 cm³/mol. The van der Waals surface area contributed by atoms with Crippen molar-refractivity contribution in [2.45, 2.75) is 58.8 Å². The monoisotopic (exact) mass is 461 g/mol. The first-order valence-corrected chi connectivity index (χ1v) is 12.0. The van der Waals surface area contributed by atoms with Crippen molar-refractivity contribution in [3.8, 4) is 11.8 Å². The standard InChI is InChI=1S/C27H31N3O2S/c1-26(2,3)22-12-11-21(33-22)23-18(15-28)25(29)30(16-7-9-17(32-6)10-8-16)19-13-27(4,5)14-20(31)24(19)23/h7-12,23H,13-14,29H2,1-6H3. The zero-order valence-corrected chi connectivity index (χ0v) is 21.0. The number of ether oxygens (including phenoxy) is 1. The van der Waals surface area contributed by atoms with E-state index >= 15 is 0 Å². The molecule has 2 aliphatic rings. The molecule has 33 heavy (non-hydrogen) atoms. The minimum Gasteiger partial charge on any atom is -0.497 e. The number of thiophene rings is 1. The van der Waals surface area contributed by atoms with E-state index in [1.165, 1.54) is 4.88 Å². The average Bonchev–Trinajstić information content (AvgIpc) is 3.23. The summed E-state index contributed by atoms with van der Waals surface area (Å²) < 4.78 is 5.31. The Kier molecular flexibility index (Phi) is 5.66. The van der Waals surface area contributed by atoms with Crippen molar-refractivity contribution < 1.29 is 9.53 Å². The van der Waals surface area contributed by atoms with Gasteiger partial charge in [-0.1, -0.05) is 34.6 Å². The minimum atomic E-state index is -0.427. The number of nitrogens with zero attached hydrogens (tertiary/aromatic N) is 2. The Bertz CT molecular complexity index is 1200. The summed E-state index contributed by atoms with van der Waals surface area (Å²) in [6.45, 7) is 10.7. The second-order valence-electron chi connectivity index (χ2n) is 10.6. The van der Waals surface area contributed by atoms with E-state index in [1.54, 1.807) is 18.4 Å². The van der Waals surface area contributed by atoms with Gasteiger partial charge in [-0.25, -0.2) is 0 Å². The number of hydrogen-bond acceptors (Lipinski definition) is 6. The molecule has 1 aromatic carbocycles. The molecule has 1 unspecified atom stereocenters. The van der Waals surface area contributed by atoms with Crippen LogP contribution in [0.15, 0.2) is 59.1 Å². The summed E-state index contributed by atoms with van der Waals surface area (Å²) in [4.78, 5) is 17.7. The van der Waals surface area contributed by atoms with E-state index in [1.807, 2.05) is 29.2 Å². The Morgan fingerprint density at radius 3 is 2.36 bits per heavy atom. The summed E-state index contributed by atoms with van der Waals surface area (Å²) in [7, 11) is 1.62. The molecule has 1 aliphatic carbocycles. The Labute approximate surface area is 200 Å². The number of hydrogen-bond donors (Lipinski definition) is 1. The lowest BCUT2D eigenvalue weighted by Crippen LogP contribution is -2.42. The summed E-state index contributed by atoms with van der Waals surface area (Å²) in [5, 5.41) is 10.2. The number of anilines is 1. The molecule has 0 amide bonds. The van der Waals surface area contributed by atoms with Crippen LogP contribution in [0.2, 0.25) is 0 Å². The minimum absolute atomic E-state index is 0.00937. The Balaban J connectivity index is 1.94. The molecule has 5 nitrogen and oxygen atoms in total. The molecular formula is C27H31N3O2S. The lowest BCUT2D eigenvalue weighted by molar-refractivity contribution is -0.118. The SMILES string of the molecule is COc1ccc(N2C(N)=C(C#N)C(c3ccc(C(C)(C)C)s3)C3=C2CC(C)(C)CC3=O)cc1. The number of Topliss-reactive ketones (excluding diaryl/α,β-unsaturated/α-hetero) is 1. The van der Waals surface area contributed by atoms with Crippen LogP contribution < -0.4 is 15.4 Å². The molecule has 1 aromatic heterocycles. The van der Waals surface area contributed by atoms with Gasteiger partial charge in [-0.15, -0.1) is 11.3 Å². The van der Waals surface area contributed by atoms with Gasteiger partial charge in [0.25, 0.3) is 0 Å². The molecule has 0 radical (unpaired) electrons. The number of nitriles is 1. The summed E-state index contributed by atoms with van der Waals surface area (Å²) in [6, 6.07) is 14.1. The lowest BCUT2D eigenvalue weighted by Gasteiger charge is -2.43. The van der Waals surface area contributed by atoms with Crippen molar-refractivity contribution in [3.63, 3.8) is 0 Å². The fourth-order valence-corrected chi connectivity index (χ4v) is 5.92. The molecule has 4 rings (SSSR count). The van der Waals surface area contributed by atoms with Gasteiger partial charge in [0.05, 0.1) is 24.7 Å². The second kappa shape index (κ2) is 8.07. The van der Waals surface area contributed by atoms with Crippen molar-refractivity contribution >= 4 is 22.8 Å². The van der Waals surface area contributed by atoms with Gasteiger partial charge in [-0.3, -0.25) is 9.69 Å². The largest absolute Gasteiger partial charge is 0.497 e.